The monoisotopic (exact) mass is 269 g/mol. The van der Waals surface area contributed by atoms with Gasteiger partial charge < -0.3 is 4.90 Å². The first-order chi connectivity index (χ1) is 7.43. The van der Waals surface area contributed by atoms with Crippen molar-refractivity contribution in [3.8, 4) is 0 Å². The molecular weight excluding hydrogens is 250 g/mol. The highest BCUT2D eigenvalue weighted by Gasteiger charge is 2.21. The molecule has 0 radical (unpaired) electrons. The van der Waals surface area contributed by atoms with Crippen molar-refractivity contribution >= 4 is 21.6 Å². The van der Waals surface area contributed by atoms with Crippen LogP contribution in [0.1, 0.15) is 6.92 Å². The van der Waals surface area contributed by atoms with E-state index in [-0.39, 0.29) is 11.7 Å². The Morgan fingerprint density at radius 2 is 1.88 bits per heavy atom. The van der Waals surface area contributed by atoms with Crippen LogP contribution in [0, 0.1) is 5.92 Å². The number of hydrogen-bond donors (Lipinski definition) is 1. The number of nitrogens with zero attached hydrogens (tertiary/aromatic N) is 2. The molecule has 0 bridgehead atoms. The molecule has 96 valence electrons. The van der Waals surface area contributed by atoms with Crippen LogP contribution in [0.25, 0.3) is 0 Å². The molecule has 0 amide bonds. The number of halogens is 1. The Bertz CT molecular complexity index is 302. The molecule has 1 aliphatic heterocycles. The van der Waals surface area contributed by atoms with E-state index in [2.05, 4.69) is 9.73 Å². The summed E-state index contributed by atoms with van der Waals surface area (Å²) < 4.78 is 23.4. The minimum Gasteiger partial charge on any atom is -0.304 e. The van der Waals surface area contributed by atoms with Crippen LogP contribution in [0.3, 0.4) is 0 Å². The van der Waals surface area contributed by atoms with Crippen LogP contribution in [-0.2, 0) is 10.0 Å². The Hall–Kier alpha value is 0.120. The molecule has 0 aliphatic carbocycles. The summed E-state index contributed by atoms with van der Waals surface area (Å²) in [5.41, 5.74) is 0. The van der Waals surface area contributed by atoms with Crippen molar-refractivity contribution in [2.45, 2.75) is 6.92 Å². The summed E-state index contributed by atoms with van der Waals surface area (Å²) in [7, 11) is -1.21. The van der Waals surface area contributed by atoms with E-state index in [0.29, 0.717) is 5.88 Å². The Labute approximate surface area is 103 Å². The van der Waals surface area contributed by atoms with Crippen molar-refractivity contribution in [3.05, 3.63) is 0 Å². The fraction of sp³-hybridized carbons (Fsp3) is 1.00. The van der Waals surface area contributed by atoms with E-state index in [1.54, 1.807) is 5.01 Å². The first-order valence-electron chi connectivity index (χ1n) is 5.42. The molecule has 16 heavy (non-hydrogen) atoms. The first-order valence-corrected chi connectivity index (χ1v) is 7.61. The van der Waals surface area contributed by atoms with Crippen LogP contribution in [0.5, 0.6) is 0 Å². The second kappa shape index (κ2) is 6.16. The Balaban J connectivity index is 2.40. The van der Waals surface area contributed by atoms with Crippen LogP contribution in [-0.4, -0.2) is 63.2 Å². The van der Waals surface area contributed by atoms with E-state index in [9.17, 15) is 8.42 Å². The van der Waals surface area contributed by atoms with Crippen LogP contribution < -0.4 is 4.83 Å². The van der Waals surface area contributed by atoms with Crippen LogP contribution in [0.15, 0.2) is 0 Å². The van der Waals surface area contributed by atoms with E-state index < -0.39 is 10.0 Å². The first kappa shape index (κ1) is 14.2. The van der Waals surface area contributed by atoms with Gasteiger partial charge in [-0.25, -0.2) is 13.4 Å². The maximum atomic E-state index is 11.7. The molecule has 0 saturated carbocycles. The van der Waals surface area contributed by atoms with Gasteiger partial charge in [-0.2, -0.15) is 0 Å². The Morgan fingerprint density at radius 3 is 2.38 bits per heavy atom. The topological polar surface area (TPSA) is 52.7 Å². The second-order valence-corrected chi connectivity index (χ2v) is 6.48. The summed E-state index contributed by atoms with van der Waals surface area (Å²) in [5.74, 6) is 0.429. The zero-order chi connectivity index (χ0) is 12.2. The molecule has 0 aromatic heterocycles. The van der Waals surface area contributed by atoms with Gasteiger partial charge in [0.15, 0.2) is 0 Å². The number of nitrogens with one attached hydrogen (secondary N) is 1. The van der Waals surface area contributed by atoms with Crippen LogP contribution in [0.4, 0.5) is 0 Å². The summed E-state index contributed by atoms with van der Waals surface area (Å²) in [6, 6.07) is 0. The molecule has 1 N–H and O–H groups in total. The fourth-order valence-corrected chi connectivity index (χ4v) is 3.31. The number of rotatable bonds is 5. The maximum Gasteiger partial charge on any atom is 0.224 e. The highest BCUT2D eigenvalue weighted by atomic mass is 35.5. The number of alkyl halides is 1. The quantitative estimate of drug-likeness (QED) is 0.711. The van der Waals surface area contributed by atoms with Gasteiger partial charge in [-0.05, 0) is 13.0 Å². The molecule has 1 atom stereocenters. The molecular formula is C9H20ClN3O2S. The summed E-state index contributed by atoms with van der Waals surface area (Å²) in [5, 5.41) is 1.76. The molecule has 1 unspecified atom stereocenters. The van der Waals surface area contributed by atoms with E-state index in [1.807, 2.05) is 14.0 Å². The van der Waals surface area contributed by atoms with Gasteiger partial charge >= 0.3 is 0 Å². The molecule has 0 aromatic carbocycles. The lowest BCUT2D eigenvalue weighted by molar-refractivity contribution is 0.134. The third-order valence-electron chi connectivity index (χ3n) is 2.54. The van der Waals surface area contributed by atoms with Crippen molar-refractivity contribution in [1.29, 1.82) is 0 Å². The molecule has 1 aliphatic rings. The number of piperazine rings is 1. The van der Waals surface area contributed by atoms with Gasteiger partial charge in [-0.1, -0.05) is 6.92 Å². The highest BCUT2D eigenvalue weighted by Crippen LogP contribution is 2.04. The third-order valence-corrected chi connectivity index (χ3v) is 4.61. The summed E-state index contributed by atoms with van der Waals surface area (Å²) >= 11 is 5.61. The number of hydrazine groups is 1. The van der Waals surface area contributed by atoms with Crippen molar-refractivity contribution in [3.63, 3.8) is 0 Å². The zero-order valence-electron chi connectivity index (χ0n) is 9.82. The van der Waals surface area contributed by atoms with Gasteiger partial charge in [0, 0.05) is 32.1 Å². The van der Waals surface area contributed by atoms with Crippen molar-refractivity contribution < 1.29 is 8.42 Å². The van der Waals surface area contributed by atoms with E-state index in [4.69, 9.17) is 11.6 Å². The predicted molar refractivity (Wildman–Crippen MR) is 65.9 cm³/mol. The standard InChI is InChI=1S/C9H20ClN3O2S/c1-9(7-10)8-16(14,15)11-13-5-3-12(2)4-6-13/h9,11H,3-8H2,1-2H3. The third kappa shape index (κ3) is 4.97. The fourth-order valence-electron chi connectivity index (χ4n) is 1.55. The molecule has 1 saturated heterocycles. The van der Waals surface area contributed by atoms with Gasteiger partial charge in [0.05, 0.1) is 5.75 Å². The van der Waals surface area contributed by atoms with Crippen molar-refractivity contribution in [2.24, 2.45) is 5.92 Å². The summed E-state index contributed by atoms with van der Waals surface area (Å²) in [6.45, 7) is 5.05. The number of likely N-dealkylation sites (N-methyl/N-ethyl adjacent to an activating group) is 1. The number of hydrogen-bond acceptors (Lipinski definition) is 4. The van der Waals surface area contributed by atoms with Gasteiger partial charge in [-0.3, -0.25) is 0 Å². The summed E-state index contributed by atoms with van der Waals surface area (Å²) in [4.78, 5) is 4.77. The minimum atomic E-state index is -3.24. The lowest BCUT2D eigenvalue weighted by Crippen LogP contribution is -2.53. The van der Waals surface area contributed by atoms with Crippen LogP contribution in [0.2, 0.25) is 0 Å². The molecule has 1 heterocycles. The molecule has 0 aromatic rings. The SMILES string of the molecule is CC(CCl)CS(=O)(=O)NN1CCN(C)CC1. The van der Waals surface area contributed by atoms with Gasteiger partial charge in [0.25, 0.3) is 0 Å². The van der Waals surface area contributed by atoms with Gasteiger partial charge in [-0.15, -0.1) is 16.4 Å². The molecule has 7 heteroatoms. The van der Waals surface area contributed by atoms with E-state index >= 15 is 0 Å². The Kier molecular flexibility index (Phi) is 5.46. The largest absolute Gasteiger partial charge is 0.304 e. The normalized spacial score (nSPS) is 22.2. The molecule has 5 nitrogen and oxygen atoms in total. The molecule has 0 spiro atoms. The smallest absolute Gasteiger partial charge is 0.224 e. The molecule has 1 rings (SSSR count). The highest BCUT2D eigenvalue weighted by molar-refractivity contribution is 7.89. The van der Waals surface area contributed by atoms with Gasteiger partial charge in [0.2, 0.25) is 10.0 Å². The predicted octanol–water partition coefficient (Wildman–Crippen LogP) is -0.0569. The van der Waals surface area contributed by atoms with E-state index in [0.717, 1.165) is 26.2 Å². The van der Waals surface area contributed by atoms with Crippen molar-refractivity contribution in [2.75, 3.05) is 44.9 Å². The molecule has 1 fully saturated rings. The van der Waals surface area contributed by atoms with Crippen LogP contribution >= 0.6 is 11.6 Å². The Morgan fingerprint density at radius 1 is 1.31 bits per heavy atom. The average Bonchev–Trinajstić information content (AvgIpc) is 2.20. The zero-order valence-corrected chi connectivity index (χ0v) is 11.4. The number of sulfonamides is 1. The lowest BCUT2D eigenvalue weighted by atomic mass is 10.3. The minimum absolute atomic E-state index is 0.0216. The van der Waals surface area contributed by atoms with E-state index in [1.165, 1.54) is 0 Å². The van der Waals surface area contributed by atoms with Gasteiger partial charge in [0.1, 0.15) is 0 Å². The van der Waals surface area contributed by atoms with Crippen molar-refractivity contribution in [1.82, 2.24) is 14.7 Å². The summed E-state index contributed by atoms with van der Waals surface area (Å²) in [6.07, 6.45) is 0. The lowest BCUT2D eigenvalue weighted by Gasteiger charge is -2.32. The average molecular weight is 270 g/mol. The maximum absolute atomic E-state index is 11.7. The second-order valence-electron chi connectivity index (χ2n) is 4.42.